The van der Waals surface area contributed by atoms with Crippen molar-refractivity contribution < 1.29 is 4.79 Å². The number of carbonyl (C=O) groups excluding carboxylic acids is 1. The monoisotopic (exact) mass is 166 g/mol. The maximum Gasteiger partial charge on any atom is 0.258 e. The zero-order valence-electron chi connectivity index (χ0n) is 6.29. The number of hydrazone groups is 1. The highest BCUT2D eigenvalue weighted by molar-refractivity contribution is 5.37. The van der Waals surface area contributed by atoms with Crippen molar-refractivity contribution >= 4 is 12.0 Å². The lowest BCUT2D eigenvalue weighted by Crippen LogP contribution is -2.10. The molecular formula is C6H6N4O2. The van der Waals surface area contributed by atoms with Gasteiger partial charge in [0.1, 0.15) is 0 Å². The van der Waals surface area contributed by atoms with Crippen molar-refractivity contribution in [2.24, 2.45) is 5.10 Å². The summed E-state index contributed by atoms with van der Waals surface area (Å²) in [5, 5.41) is 3.04. The van der Waals surface area contributed by atoms with Gasteiger partial charge in [0.05, 0.1) is 0 Å². The fourth-order valence-electron chi connectivity index (χ4n) is 0.708. The van der Waals surface area contributed by atoms with E-state index in [1.807, 2.05) is 0 Å². The third-order valence-corrected chi connectivity index (χ3v) is 1.08. The van der Waals surface area contributed by atoms with Crippen LogP contribution in [0.3, 0.4) is 0 Å². The Labute approximate surface area is 67.3 Å². The highest BCUT2D eigenvalue weighted by Gasteiger charge is 1.94. The van der Waals surface area contributed by atoms with Crippen LogP contribution in [0.4, 0.5) is 5.95 Å². The molecule has 0 bridgehead atoms. The molecule has 0 aliphatic heterocycles. The summed E-state index contributed by atoms with van der Waals surface area (Å²) in [5.74, 6) is 0.128. The number of nitrogens with zero attached hydrogens (tertiary/aromatic N) is 2. The van der Waals surface area contributed by atoms with Gasteiger partial charge < -0.3 is 0 Å². The Hall–Kier alpha value is -1.94. The number of aromatic nitrogens is 2. The minimum atomic E-state index is -0.300. The van der Waals surface area contributed by atoms with E-state index in [-0.39, 0.29) is 11.5 Å². The number of hydrogen-bond donors (Lipinski definition) is 2. The van der Waals surface area contributed by atoms with E-state index in [9.17, 15) is 9.59 Å². The van der Waals surface area contributed by atoms with E-state index in [0.717, 1.165) is 0 Å². The molecule has 0 saturated heterocycles. The summed E-state index contributed by atoms with van der Waals surface area (Å²) >= 11 is 0. The lowest BCUT2D eigenvalue weighted by Gasteiger charge is -1.96. The van der Waals surface area contributed by atoms with Gasteiger partial charge in [-0.05, 0) is 6.92 Å². The van der Waals surface area contributed by atoms with Gasteiger partial charge in [0.2, 0.25) is 5.95 Å². The van der Waals surface area contributed by atoms with Crippen LogP contribution in [-0.4, -0.2) is 16.0 Å². The number of aromatic amines is 1. The maximum atomic E-state index is 10.8. The van der Waals surface area contributed by atoms with Gasteiger partial charge in [0, 0.05) is 11.8 Å². The standard InChI is InChI=1S/C6H6N4O2/c1-4-2-5(12)9-6(8-4)10-7-3-11/h2H,1H3,(H2,8,9,10,12). The lowest BCUT2D eigenvalue weighted by molar-refractivity contribution is 0.564. The predicted octanol–water partition coefficient (Wildman–Crippen LogP) is -0.259. The number of isocyanates is 1. The van der Waals surface area contributed by atoms with E-state index >= 15 is 0 Å². The Morgan fingerprint density at radius 1 is 1.75 bits per heavy atom. The first kappa shape index (κ1) is 8.16. The van der Waals surface area contributed by atoms with Gasteiger partial charge >= 0.3 is 0 Å². The highest BCUT2D eigenvalue weighted by atomic mass is 16.1. The number of nitrogens with one attached hydrogen (secondary N) is 2. The molecule has 2 N–H and O–H groups in total. The van der Waals surface area contributed by atoms with Gasteiger partial charge in [-0.25, -0.2) is 15.2 Å². The van der Waals surface area contributed by atoms with E-state index in [1.165, 1.54) is 12.1 Å². The third kappa shape index (κ3) is 2.03. The van der Waals surface area contributed by atoms with Crippen LogP contribution in [0.25, 0.3) is 0 Å². The van der Waals surface area contributed by atoms with Crippen molar-refractivity contribution in [3.05, 3.63) is 22.1 Å². The van der Waals surface area contributed by atoms with Crippen LogP contribution in [0, 0.1) is 6.92 Å². The summed E-state index contributed by atoms with van der Waals surface area (Å²) in [7, 11) is 0. The van der Waals surface area contributed by atoms with Crippen LogP contribution < -0.4 is 11.0 Å². The molecule has 0 saturated carbocycles. The molecule has 0 spiro atoms. The van der Waals surface area contributed by atoms with E-state index in [4.69, 9.17) is 0 Å². The number of rotatable bonds is 2. The van der Waals surface area contributed by atoms with Gasteiger partial charge in [-0.1, -0.05) is 5.10 Å². The normalized spacial score (nSPS) is 8.75. The maximum absolute atomic E-state index is 10.8. The first-order chi connectivity index (χ1) is 5.72. The Morgan fingerprint density at radius 3 is 3.08 bits per heavy atom. The summed E-state index contributed by atoms with van der Waals surface area (Å²) in [6.07, 6.45) is 1.26. The first-order valence-electron chi connectivity index (χ1n) is 3.13. The van der Waals surface area contributed by atoms with Gasteiger partial charge in [-0.2, -0.15) is 0 Å². The van der Waals surface area contributed by atoms with E-state index < -0.39 is 0 Å². The molecule has 0 radical (unpaired) electrons. The molecule has 6 heteroatoms. The molecule has 6 nitrogen and oxygen atoms in total. The molecule has 1 aromatic rings. The number of hydrogen-bond acceptors (Lipinski definition) is 5. The fraction of sp³-hybridized carbons (Fsp3) is 0.167. The molecule has 1 rings (SSSR count). The number of anilines is 1. The summed E-state index contributed by atoms with van der Waals surface area (Å²) in [6.45, 7) is 1.66. The quantitative estimate of drug-likeness (QED) is 0.360. The highest BCUT2D eigenvalue weighted by Crippen LogP contribution is 1.93. The van der Waals surface area contributed by atoms with Gasteiger partial charge in [-0.15, -0.1) is 0 Å². The minimum Gasteiger partial charge on any atom is -0.291 e. The van der Waals surface area contributed by atoms with Crippen LogP contribution in [0.2, 0.25) is 0 Å². The molecule has 12 heavy (non-hydrogen) atoms. The molecule has 62 valence electrons. The van der Waals surface area contributed by atoms with Gasteiger partial charge in [0.15, 0.2) is 0 Å². The van der Waals surface area contributed by atoms with Crippen LogP contribution in [0.15, 0.2) is 16.0 Å². The largest absolute Gasteiger partial charge is 0.291 e. The second-order valence-corrected chi connectivity index (χ2v) is 2.05. The molecule has 0 amide bonds. The second kappa shape index (κ2) is 3.45. The summed E-state index contributed by atoms with van der Waals surface area (Å²) < 4.78 is 0. The minimum absolute atomic E-state index is 0.128. The van der Waals surface area contributed by atoms with Crippen molar-refractivity contribution in [3.63, 3.8) is 0 Å². The van der Waals surface area contributed by atoms with Crippen LogP contribution in [0.1, 0.15) is 5.69 Å². The molecule has 0 aliphatic carbocycles. The topological polar surface area (TPSA) is 87.2 Å². The van der Waals surface area contributed by atoms with Crippen LogP contribution in [-0.2, 0) is 4.79 Å². The molecule has 0 unspecified atom stereocenters. The summed E-state index contributed by atoms with van der Waals surface area (Å²) in [5.41, 5.74) is 2.45. The number of aryl methyl sites for hydroxylation is 1. The molecular weight excluding hydrogens is 160 g/mol. The Morgan fingerprint density at radius 2 is 2.50 bits per heavy atom. The molecule has 0 aliphatic rings. The fourth-order valence-corrected chi connectivity index (χ4v) is 0.708. The van der Waals surface area contributed by atoms with Crippen molar-refractivity contribution in [1.29, 1.82) is 0 Å². The molecule has 1 heterocycles. The Bertz CT molecular complexity index is 377. The van der Waals surface area contributed by atoms with E-state index in [2.05, 4.69) is 20.5 Å². The first-order valence-corrected chi connectivity index (χ1v) is 3.13. The van der Waals surface area contributed by atoms with Crippen molar-refractivity contribution in [1.82, 2.24) is 9.97 Å². The zero-order chi connectivity index (χ0) is 8.97. The molecule has 0 aromatic carbocycles. The SMILES string of the molecule is Cc1cc(=O)[nH]c(NN=C=O)n1. The predicted molar refractivity (Wildman–Crippen MR) is 41.3 cm³/mol. The van der Waals surface area contributed by atoms with Crippen molar-refractivity contribution in [3.8, 4) is 0 Å². The molecule has 1 aromatic heterocycles. The number of H-pyrrole nitrogens is 1. The molecule has 0 atom stereocenters. The average molecular weight is 166 g/mol. The Kier molecular flexibility index (Phi) is 2.35. The van der Waals surface area contributed by atoms with Crippen LogP contribution >= 0.6 is 0 Å². The summed E-state index contributed by atoms with van der Waals surface area (Å²) in [4.78, 5) is 26.6. The van der Waals surface area contributed by atoms with E-state index in [1.54, 1.807) is 6.92 Å². The van der Waals surface area contributed by atoms with Gasteiger partial charge in [-0.3, -0.25) is 9.78 Å². The van der Waals surface area contributed by atoms with Crippen molar-refractivity contribution in [2.45, 2.75) is 6.92 Å². The van der Waals surface area contributed by atoms with Gasteiger partial charge in [0.25, 0.3) is 11.6 Å². The molecule has 0 fully saturated rings. The van der Waals surface area contributed by atoms with Crippen molar-refractivity contribution in [2.75, 3.05) is 5.43 Å². The smallest absolute Gasteiger partial charge is 0.258 e. The zero-order valence-corrected chi connectivity index (χ0v) is 6.29. The van der Waals surface area contributed by atoms with E-state index in [0.29, 0.717) is 5.69 Å². The Balaban J connectivity index is 3.00. The second-order valence-electron chi connectivity index (χ2n) is 2.05. The third-order valence-electron chi connectivity index (χ3n) is 1.08. The summed E-state index contributed by atoms with van der Waals surface area (Å²) in [6, 6.07) is 1.33. The lowest BCUT2D eigenvalue weighted by atomic mass is 10.5. The average Bonchev–Trinajstić information content (AvgIpc) is 1.99. The van der Waals surface area contributed by atoms with Crippen LogP contribution in [0.5, 0.6) is 0 Å².